The third-order valence-electron chi connectivity index (χ3n) is 9.88. The summed E-state index contributed by atoms with van der Waals surface area (Å²) >= 11 is 0. The van der Waals surface area contributed by atoms with Crippen LogP contribution in [0.25, 0.3) is 0 Å². The summed E-state index contributed by atoms with van der Waals surface area (Å²) in [5.41, 5.74) is 0. The van der Waals surface area contributed by atoms with Crippen molar-refractivity contribution in [2.75, 3.05) is 33.0 Å². The van der Waals surface area contributed by atoms with E-state index < -0.39 is 39.2 Å². The average molecular weight is 865 g/mol. The second-order valence-corrected chi connectivity index (χ2v) is 17.2. The van der Waals surface area contributed by atoms with Crippen molar-refractivity contribution >= 4 is 13.8 Å². The van der Waals surface area contributed by atoms with E-state index in [2.05, 4.69) is 86.8 Å². The van der Waals surface area contributed by atoms with Crippen LogP contribution in [0.1, 0.15) is 194 Å². The molecule has 0 amide bonds. The SMILES string of the molecule is CC/C=C\C/C=C\C/C=C\C/C=C\C/C=C\CCCCCCCCCCOCC(COP(=O)(O)OCC(O)CO)OC(=O)CCCCCCC/C=C\CCCCCCCC. The summed E-state index contributed by atoms with van der Waals surface area (Å²) in [6.45, 7) is 3.37. The summed E-state index contributed by atoms with van der Waals surface area (Å²) in [7, 11) is -4.53. The Morgan fingerprint density at radius 2 is 0.950 bits per heavy atom. The number of ether oxygens (including phenoxy) is 2. The average Bonchev–Trinajstić information content (AvgIpc) is 3.24. The van der Waals surface area contributed by atoms with Gasteiger partial charge in [0.1, 0.15) is 12.2 Å². The number of aliphatic hydroxyl groups excluding tert-OH is 2. The summed E-state index contributed by atoms with van der Waals surface area (Å²) < 4.78 is 33.4. The van der Waals surface area contributed by atoms with Gasteiger partial charge in [-0.1, -0.05) is 177 Å². The molecule has 9 nitrogen and oxygen atoms in total. The normalized spacial score (nSPS) is 14.6. The number of rotatable bonds is 45. The highest BCUT2D eigenvalue weighted by atomic mass is 31.2. The monoisotopic (exact) mass is 865 g/mol. The first kappa shape index (κ1) is 57.9. The molecule has 3 atom stereocenters. The van der Waals surface area contributed by atoms with Crippen LogP contribution in [0.15, 0.2) is 72.9 Å². The van der Waals surface area contributed by atoms with Gasteiger partial charge in [-0.15, -0.1) is 0 Å². The molecule has 0 heterocycles. The first-order valence-corrected chi connectivity index (χ1v) is 25.4. The van der Waals surface area contributed by atoms with Crippen molar-refractivity contribution in [1.29, 1.82) is 0 Å². The number of phosphoric ester groups is 1. The van der Waals surface area contributed by atoms with Crippen LogP contribution in [-0.4, -0.2) is 66.3 Å². The molecule has 0 aromatic rings. The molecular formula is C50H89O9P. The van der Waals surface area contributed by atoms with Gasteiger partial charge in [0.05, 0.1) is 26.4 Å². The summed E-state index contributed by atoms with van der Waals surface area (Å²) in [6.07, 6.45) is 55.8. The molecule has 0 aliphatic rings. The highest BCUT2D eigenvalue weighted by Crippen LogP contribution is 2.43. The zero-order valence-electron chi connectivity index (χ0n) is 38.2. The van der Waals surface area contributed by atoms with Crippen molar-refractivity contribution in [3.8, 4) is 0 Å². The van der Waals surface area contributed by atoms with Gasteiger partial charge in [0, 0.05) is 13.0 Å². The number of phosphoric acid groups is 1. The fourth-order valence-corrected chi connectivity index (χ4v) is 7.05. The van der Waals surface area contributed by atoms with E-state index in [9.17, 15) is 19.4 Å². The van der Waals surface area contributed by atoms with Gasteiger partial charge in [-0.2, -0.15) is 0 Å². The van der Waals surface area contributed by atoms with Gasteiger partial charge in [0.2, 0.25) is 0 Å². The number of carbonyl (C=O) groups is 1. The first-order valence-electron chi connectivity index (χ1n) is 23.9. The molecule has 0 aliphatic carbocycles. The van der Waals surface area contributed by atoms with Crippen molar-refractivity contribution in [2.45, 2.75) is 206 Å². The van der Waals surface area contributed by atoms with E-state index in [4.69, 9.17) is 23.6 Å². The topological polar surface area (TPSA) is 132 Å². The van der Waals surface area contributed by atoms with Crippen LogP contribution in [0.4, 0.5) is 0 Å². The van der Waals surface area contributed by atoms with Crippen molar-refractivity contribution in [3.63, 3.8) is 0 Å². The number of carbonyl (C=O) groups excluding carboxylic acids is 1. The quantitative estimate of drug-likeness (QED) is 0.0237. The van der Waals surface area contributed by atoms with E-state index in [-0.39, 0.29) is 19.6 Å². The van der Waals surface area contributed by atoms with Gasteiger partial charge in [-0.25, -0.2) is 4.57 Å². The Kier molecular flexibility index (Phi) is 44.8. The molecule has 0 saturated carbocycles. The van der Waals surface area contributed by atoms with E-state index in [0.717, 1.165) is 89.9 Å². The van der Waals surface area contributed by atoms with Crippen LogP contribution in [0.3, 0.4) is 0 Å². The molecule has 0 rings (SSSR count). The lowest BCUT2D eigenvalue weighted by Crippen LogP contribution is -2.29. The predicted molar refractivity (Wildman–Crippen MR) is 251 cm³/mol. The Balaban J connectivity index is 4.13. The van der Waals surface area contributed by atoms with E-state index >= 15 is 0 Å². The predicted octanol–water partition coefficient (Wildman–Crippen LogP) is 13.7. The molecule has 348 valence electrons. The van der Waals surface area contributed by atoms with Gasteiger partial charge < -0.3 is 24.6 Å². The second kappa shape index (κ2) is 46.4. The molecule has 0 aromatic heterocycles. The molecule has 0 fully saturated rings. The highest BCUT2D eigenvalue weighted by molar-refractivity contribution is 7.47. The summed E-state index contributed by atoms with van der Waals surface area (Å²) in [6, 6.07) is 0. The minimum atomic E-state index is -4.53. The summed E-state index contributed by atoms with van der Waals surface area (Å²) in [4.78, 5) is 22.6. The Morgan fingerprint density at radius 3 is 1.45 bits per heavy atom. The zero-order valence-corrected chi connectivity index (χ0v) is 39.1. The fourth-order valence-electron chi connectivity index (χ4n) is 6.26. The van der Waals surface area contributed by atoms with Crippen molar-refractivity contribution in [3.05, 3.63) is 72.9 Å². The minimum Gasteiger partial charge on any atom is -0.457 e. The standard InChI is InChI=1S/C50H89O9P/c1-3-5-7-9-11-13-15-17-19-20-21-22-23-24-25-26-27-29-31-33-35-37-39-41-43-56-46-49(47-58-60(54,55)57-45-48(52)44-51)59-50(53)42-40-38-36-34-32-30-28-18-16-14-12-10-8-6-4-2/h5,7,11,13,17-19,21-22,24-25,28,48-49,51-52H,3-4,6,8-10,12,14-16,20,23,26-27,29-47H2,1-2H3,(H,54,55)/b7-5-,13-11-,19-17-,22-21-,25-24-,28-18-. The maximum atomic E-state index is 12.6. The molecule has 60 heavy (non-hydrogen) atoms. The Labute approximate surface area is 367 Å². The van der Waals surface area contributed by atoms with Gasteiger partial charge >= 0.3 is 13.8 Å². The third-order valence-corrected chi connectivity index (χ3v) is 10.8. The van der Waals surface area contributed by atoms with Crippen LogP contribution in [0.5, 0.6) is 0 Å². The maximum Gasteiger partial charge on any atom is 0.472 e. The molecule has 0 aromatic carbocycles. The molecule has 3 N–H and O–H groups in total. The smallest absolute Gasteiger partial charge is 0.457 e. The molecule has 0 spiro atoms. The van der Waals surface area contributed by atoms with Gasteiger partial charge in [-0.05, 0) is 83.5 Å². The molecule has 0 radical (unpaired) electrons. The summed E-state index contributed by atoms with van der Waals surface area (Å²) in [5, 5.41) is 18.4. The number of unbranched alkanes of at least 4 members (excludes halogenated alkanes) is 19. The van der Waals surface area contributed by atoms with Crippen LogP contribution in [-0.2, 0) is 27.9 Å². The van der Waals surface area contributed by atoms with Crippen LogP contribution < -0.4 is 0 Å². The molecule has 0 bridgehead atoms. The molecule has 10 heteroatoms. The Hall–Kier alpha value is -2.10. The molecular weight excluding hydrogens is 776 g/mol. The Morgan fingerprint density at radius 1 is 0.533 bits per heavy atom. The Bertz CT molecular complexity index is 1160. The summed E-state index contributed by atoms with van der Waals surface area (Å²) in [5.74, 6) is -0.396. The number of hydrogen-bond donors (Lipinski definition) is 3. The van der Waals surface area contributed by atoms with Crippen LogP contribution in [0.2, 0.25) is 0 Å². The van der Waals surface area contributed by atoms with Gasteiger partial charge in [0.25, 0.3) is 0 Å². The van der Waals surface area contributed by atoms with Crippen molar-refractivity contribution in [2.24, 2.45) is 0 Å². The van der Waals surface area contributed by atoms with Crippen molar-refractivity contribution < 1.29 is 43.0 Å². The van der Waals surface area contributed by atoms with E-state index in [1.165, 1.54) is 77.0 Å². The zero-order chi connectivity index (χ0) is 43.9. The number of aliphatic hydroxyl groups is 2. The molecule has 0 aliphatic heterocycles. The van der Waals surface area contributed by atoms with Crippen molar-refractivity contribution in [1.82, 2.24) is 0 Å². The number of allylic oxidation sites excluding steroid dienone is 12. The maximum absolute atomic E-state index is 12.6. The fraction of sp³-hybridized carbons (Fsp3) is 0.740. The van der Waals surface area contributed by atoms with Gasteiger partial charge in [-0.3, -0.25) is 13.8 Å². The largest absolute Gasteiger partial charge is 0.472 e. The number of hydrogen-bond acceptors (Lipinski definition) is 8. The van der Waals surface area contributed by atoms with E-state index in [1.807, 2.05) is 0 Å². The minimum absolute atomic E-state index is 0.0370. The van der Waals surface area contributed by atoms with Crippen LogP contribution >= 0.6 is 7.82 Å². The lowest BCUT2D eigenvalue weighted by atomic mass is 10.1. The second-order valence-electron chi connectivity index (χ2n) is 15.7. The molecule has 3 unspecified atom stereocenters. The number of esters is 1. The highest BCUT2D eigenvalue weighted by Gasteiger charge is 2.26. The lowest BCUT2D eigenvalue weighted by molar-refractivity contribution is -0.154. The lowest BCUT2D eigenvalue weighted by Gasteiger charge is -2.20. The van der Waals surface area contributed by atoms with E-state index in [1.54, 1.807) is 0 Å². The van der Waals surface area contributed by atoms with Crippen LogP contribution in [0, 0.1) is 0 Å². The van der Waals surface area contributed by atoms with E-state index in [0.29, 0.717) is 13.0 Å². The van der Waals surface area contributed by atoms with Gasteiger partial charge in [0.15, 0.2) is 0 Å². The first-order chi connectivity index (χ1) is 29.3. The third kappa shape index (κ3) is 45.4. The molecule has 0 saturated heterocycles.